The van der Waals surface area contributed by atoms with Crippen molar-refractivity contribution in [2.24, 2.45) is 0 Å². The molecule has 0 bridgehead atoms. The first-order valence-electron chi connectivity index (χ1n) is 30.5. The number of fused-ring (bicyclic) bond motifs is 22. The molecule has 98 heavy (non-hydrogen) atoms. The molecule has 6 aromatic heterocycles. The lowest BCUT2D eigenvalue weighted by Crippen LogP contribution is -1.99. The van der Waals surface area contributed by atoms with Crippen molar-refractivity contribution in [3.8, 4) is 22.3 Å². The number of hydrogen-bond acceptors (Lipinski definition) is 6. The van der Waals surface area contributed by atoms with Crippen molar-refractivity contribution in [2.45, 2.75) is 0 Å². The monoisotopic (exact) mass is 1310 g/mol. The van der Waals surface area contributed by atoms with Crippen LogP contribution in [0.1, 0.15) is 0 Å². The number of benzene rings is 16. The molecular formula is C80H28F12O6. The van der Waals surface area contributed by atoms with Crippen LogP contribution < -0.4 is 0 Å². The Balaban J connectivity index is 0.000000135. The SMILES string of the molecule is Fc1c(F)c(F)c2c(oc3c2cc2c(F)c(F)c4c5oc6c(F)c(F)c(F)c(F)c6c5cc5c(F)c(F)c3c2c54)c1F.c1ccc2c(c1)oc1c(-c3cccc4c3oc3c4cc4ccc5c6oc7c(-c8cccc9c8oc8ccccc89)cccc7c6cc6ccc3c4c65)cccc12. The Hall–Kier alpha value is -12.4. The molecule has 18 heteroatoms. The van der Waals surface area contributed by atoms with Gasteiger partial charge in [-0.05, 0) is 59.3 Å². The fourth-order valence-corrected chi connectivity index (χ4v) is 15.5. The highest BCUT2D eigenvalue weighted by Crippen LogP contribution is 2.53. The van der Waals surface area contributed by atoms with Crippen LogP contribution in [0.5, 0.6) is 0 Å². The van der Waals surface area contributed by atoms with Gasteiger partial charge in [0, 0.05) is 119 Å². The van der Waals surface area contributed by atoms with Gasteiger partial charge in [0.2, 0.25) is 23.3 Å². The van der Waals surface area contributed by atoms with Crippen LogP contribution in [-0.4, -0.2) is 0 Å². The van der Waals surface area contributed by atoms with Crippen molar-refractivity contribution in [3.63, 3.8) is 0 Å². The number of rotatable bonds is 2. The second-order valence-electron chi connectivity index (χ2n) is 24.5. The first-order chi connectivity index (χ1) is 47.6. The van der Waals surface area contributed by atoms with Crippen LogP contribution in [0.25, 0.3) is 219 Å². The number of hydrogen-bond donors (Lipinski definition) is 0. The molecule has 0 fully saturated rings. The molecule has 0 amide bonds. The van der Waals surface area contributed by atoms with Crippen LogP contribution in [-0.2, 0) is 0 Å². The molecule has 0 aliphatic rings. The van der Waals surface area contributed by atoms with E-state index in [1.165, 1.54) is 21.5 Å². The van der Waals surface area contributed by atoms with Crippen molar-refractivity contribution >= 4 is 196 Å². The topological polar surface area (TPSA) is 78.8 Å². The average molecular weight is 1310 g/mol. The first-order valence-corrected chi connectivity index (χ1v) is 30.5. The Bertz CT molecular complexity index is 7030. The Morgan fingerprint density at radius 2 is 0.490 bits per heavy atom. The van der Waals surface area contributed by atoms with Gasteiger partial charge in [0.15, 0.2) is 57.7 Å². The van der Waals surface area contributed by atoms with Gasteiger partial charge in [-0.1, -0.05) is 121 Å². The molecule has 0 atom stereocenters. The van der Waals surface area contributed by atoms with Crippen LogP contribution in [0.2, 0.25) is 0 Å². The Morgan fingerprint density at radius 3 is 0.888 bits per heavy atom. The van der Waals surface area contributed by atoms with Crippen molar-refractivity contribution < 1.29 is 79.2 Å². The fourth-order valence-electron chi connectivity index (χ4n) is 15.5. The smallest absolute Gasteiger partial charge is 0.205 e. The average Bonchev–Trinajstić information content (AvgIpc) is 1.36. The summed E-state index contributed by atoms with van der Waals surface area (Å²) in [5.74, 6) is -24.8. The zero-order chi connectivity index (χ0) is 66.1. The van der Waals surface area contributed by atoms with Gasteiger partial charge in [-0.2, -0.15) is 8.78 Å². The molecular weight excluding hydrogens is 1280 g/mol. The zero-order valence-corrected chi connectivity index (χ0v) is 49.2. The third kappa shape index (κ3) is 6.70. The van der Waals surface area contributed by atoms with E-state index in [1.54, 1.807) is 0 Å². The summed E-state index contributed by atoms with van der Waals surface area (Å²) in [5.41, 5.74) is 6.66. The van der Waals surface area contributed by atoms with E-state index in [0.717, 1.165) is 121 Å². The van der Waals surface area contributed by atoms with Gasteiger partial charge in [0.05, 0.1) is 21.5 Å². The molecule has 16 aromatic carbocycles. The summed E-state index contributed by atoms with van der Waals surface area (Å²) in [6, 6.07) is 56.8. The molecule has 0 radical (unpaired) electrons. The minimum Gasteiger partial charge on any atom is -0.455 e. The Morgan fingerprint density at radius 1 is 0.163 bits per heavy atom. The number of para-hydroxylation sites is 6. The molecule has 0 aliphatic carbocycles. The van der Waals surface area contributed by atoms with E-state index in [0.29, 0.717) is 12.1 Å². The number of halogens is 12. The van der Waals surface area contributed by atoms with Crippen molar-refractivity contribution in [3.05, 3.63) is 240 Å². The summed E-state index contributed by atoms with van der Waals surface area (Å²) in [7, 11) is 0. The number of furan rings is 6. The van der Waals surface area contributed by atoms with E-state index in [-0.39, 0.29) is 0 Å². The maximum Gasteiger partial charge on any atom is 0.205 e. The third-order valence-electron chi connectivity index (χ3n) is 19.7. The summed E-state index contributed by atoms with van der Waals surface area (Å²) < 4.78 is 214. The highest BCUT2D eigenvalue weighted by atomic mass is 19.2. The summed E-state index contributed by atoms with van der Waals surface area (Å²) in [6.07, 6.45) is 0. The van der Waals surface area contributed by atoms with Gasteiger partial charge < -0.3 is 26.5 Å². The minimum absolute atomic E-state index is 0.602. The summed E-state index contributed by atoms with van der Waals surface area (Å²) in [5, 5.41) is 6.61. The van der Waals surface area contributed by atoms with E-state index >= 15 is 17.6 Å². The van der Waals surface area contributed by atoms with E-state index in [4.69, 9.17) is 26.5 Å². The molecule has 0 saturated heterocycles. The third-order valence-corrected chi connectivity index (χ3v) is 19.7. The molecule has 0 aliphatic heterocycles. The van der Waals surface area contributed by atoms with Crippen LogP contribution >= 0.6 is 0 Å². The van der Waals surface area contributed by atoms with E-state index in [2.05, 4.69) is 133 Å². The standard InChI is InChI=1S/C52H26O4.C28H2F12O2/c1-3-19-43-29(9-1)31-11-5-13-33(47(31)53-43)35-15-7-17-37-41-25-27-22-24-40-46-28(21-23-39(45(27)46)51(41)55-49(35)37)26-42-38-18-8-16-36(50(38)56-52(40)42)34-14-6-12-32-30-10-2-4-20-44(30)54-48(32)34;29-13-3-1-5-9-15(31)19(35)21(37)23(39)27(9)41-25(5)11-7(3)8-4(14(30)18(11)34)2-6-10-16(32)20(36)22(38)24(40)28(10)42-26(6)12(8)17(13)33/h1-26H;1-2H. The van der Waals surface area contributed by atoms with Crippen LogP contribution in [0.4, 0.5) is 52.7 Å². The van der Waals surface area contributed by atoms with E-state index in [1.807, 2.05) is 24.3 Å². The maximum atomic E-state index is 15.7. The molecule has 0 unspecified atom stereocenters. The quantitative estimate of drug-likeness (QED) is 0.0743. The second-order valence-corrected chi connectivity index (χ2v) is 24.5. The molecule has 0 saturated carbocycles. The maximum absolute atomic E-state index is 15.7. The highest BCUT2D eigenvalue weighted by Gasteiger charge is 2.35. The molecule has 468 valence electrons. The van der Waals surface area contributed by atoms with Gasteiger partial charge in [-0.15, -0.1) is 0 Å². The summed E-state index contributed by atoms with van der Waals surface area (Å²) in [4.78, 5) is 0. The Labute approximate surface area is 535 Å². The predicted octanol–water partition coefficient (Wildman–Crippen LogP) is 25.6. The van der Waals surface area contributed by atoms with Crippen molar-refractivity contribution in [1.82, 2.24) is 0 Å². The largest absolute Gasteiger partial charge is 0.455 e. The van der Waals surface area contributed by atoms with Gasteiger partial charge >= 0.3 is 0 Å². The second kappa shape index (κ2) is 18.7. The van der Waals surface area contributed by atoms with Crippen LogP contribution in [0.15, 0.2) is 196 Å². The minimum atomic E-state index is -2.30. The summed E-state index contributed by atoms with van der Waals surface area (Å²) in [6.45, 7) is 0. The highest BCUT2D eigenvalue weighted by molar-refractivity contribution is 6.37. The lowest BCUT2D eigenvalue weighted by Gasteiger charge is -2.15. The lowest BCUT2D eigenvalue weighted by molar-refractivity contribution is 0.411. The van der Waals surface area contributed by atoms with Crippen molar-refractivity contribution in [2.75, 3.05) is 0 Å². The predicted molar refractivity (Wildman–Crippen MR) is 354 cm³/mol. The summed E-state index contributed by atoms with van der Waals surface area (Å²) >= 11 is 0. The van der Waals surface area contributed by atoms with Gasteiger partial charge in [0.1, 0.15) is 55.8 Å². The molecule has 6 heterocycles. The first kappa shape index (κ1) is 54.9. The van der Waals surface area contributed by atoms with Gasteiger partial charge in [-0.3, -0.25) is 0 Å². The van der Waals surface area contributed by atoms with E-state index < -0.39 is 146 Å². The molecule has 0 spiro atoms. The molecule has 6 nitrogen and oxygen atoms in total. The van der Waals surface area contributed by atoms with Gasteiger partial charge in [0.25, 0.3) is 0 Å². The van der Waals surface area contributed by atoms with Crippen molar-refractivity contribution in [1.29, 1.82) is 0 Å². The Kier molecular flexibility index (Phi) is 10.5. The molecule has 22 rings (SSSR count). The van der Waals surface area contributed by atoms with Gasteiger partial charge in [-0.25, -0.2) is 43.9 Å². The van der Waals surface area contributed by atoms with E-state index in [9.17, 15) is 35.1 Å². The normalized spacial score (nSPS) is 12.7. The molecule has 22 aromatic rings. The van der Waals surface area contributed by atoms with Crippen LogP contribution in [0, 0.1) is 69.8 Å². The fraction of sp³-hybridized carbons (Fsp3) is 0. The molecule has 0 N–H and O–H groups in total. The lowest BCUT2D eigenvalue weighted by atomic mass is 9.90. The zero-order valence-electron chi connectivity index (χ0n) is 49.2. The van der Waals surface area contributed by atoms with Crippen LogP contribution in [0.3, 0.4) is 0 Å².